The summed E-state index contributed by atoms with van der Waals surface area (Å²) in [6, 6.07) is 3.45. The van der Waals surface area contributed by atoms with E-state index in [-0.39, 0.29) is 5.15 Å². The van der Waals surface area contributed by atoms with Crippen LogP contribution in [0.25, 0.3) is 0 Å². The zero-order valence-corrected chi connectivity index (χ0v) is 12.4. The third-order valence-electron chi connectivity index (χ3n) is 2.56. The molecular weight excluding hydrogens is 359 g/mol. The van der Waals surface area contributed by atoms with Gasteiger partial charge in [-0.1, -0.05) is 17.7 Å². The summed E-state index contributed by atoms with van der Waals surface area (Å²) < 4.78 is 38.5. The molecule has 0 aliphatic heterocycles. The summed E-state index contributed by atoms with van der Waals surface area (Å²) in [5.74, 6) is 0.299. The highest BCUT2D eigenvalue weighted by atomic mass is 79.9. The van der Waals surface area contributed by atoms with Crippen molar-refractivity contribution in [3.63, 3.8) is 0 Å². The second kappa shape index (κ2) is 5.57. The fourth-order valence-electron chi connectivity index (χ4n) is 1.50. The standard InChI is InChI=1S/C12H8BrClF3N3/c1-6-2-3-7(12(15,16)17)4-8(6)20-11-9(13)10(14)18-5-19-11/h2-5H,1H3,(H,18,19,20). The minimum Gasteiger partial charge on any atom is -0.339 e. The Hall–Kier alpha value is -1.34. The summed E-state index contributed by atoms with van der Waals surface area (Å²) >= 11 is 8.98. The number of hydrogen-bond donors (Lipinski definition) is 1. The summed E-state index contributed by atoms with van der Waals surface area (Å²) in [6.07, 6.45) is -3.18. The lowest BCUT2D eigenvalue weighted by Gasteiger charge is -2.13. The van der Waals surface area contributed by atoms with E-state index >= 15 is 0 Å². The number of hydrogen-bond acceptors (Lipinski definition) is 3. The molecule has 0 bridgehead atoms. The SMILES string of the molecule is Cc1ccc(C(F)(F)F)cc1Nc1ncnc(Cl)c1Br. The van der Waals surface area contributed by atoms with E-state index in [1.165, 1.54) is 12.4 Å². The van der Waals surface area contributed by atoms with Crippen LogP contribution in [-0.2, 0) is 6.18 Å². The van der Waals surface area contributed by atoms with Gasteiger partial charge in [0, 0.05) is 5.69 Å². The summed E-state index contributed by atoms with van der Waals surface area (Å²) in [5, 5.41) is 2.98. The molecule has 1 aromatic heterocycles. The average molecular weight is 367 g/mol. The van der Waals surface area contributed by atoms with Crippen LogP contribution in [0.15, 0.2) is 29.0 Å². The first kappa shape index (κ1) is 15.1. The molecule has 0 aliphatic rings. The highest BCUT2D eigenvalue weighted by Crippen LogP contribution is 2.34. The van der Waals surface area contributed by atoms with Gasteiger partial charge in [-0.2, -0.15) is 13.2 Å². The predicted octanol–water partition coefficient (Wildman–Crippen LogP) is 4.96. The number of halogens is 5. The van der Waals surface area contributed by atoms with Gasteiger partial charge in [0.2, 0.25) is 0 Å². The smallest absolute Gasteiger partial charge is 0.339 e. The lowest BCUT2D eigenvalue weighted by molar-refractivity contribution is -0.137. The number of nitrogens with one attached hydrogen (secondary N) is 1. The Bertz CT molecular complexity index is 646. The molecular formula is C12H8BrClF3N3. The zero-order valence-electron chi connectivity index (χ0n) is 10.1. The van der Waals surface area contributed by atoms with E-state index in [0.29, 0.717) is 21.5 Å². The first-order chi connectivity index (χ1) is 9.29. The molecule has 0 saturated carbocycles. The molecule has 1 aromatic carbocycles. The van der Waals surface area contributed by atoms with Crippen LogP contribution in [0.2, 0.25) is 5.15 Å². The van der Waals surface area contributed by atoms with Gasteiger partial charge in [0.05, 0.1) is 10.0 Å². The minimum atomic E-state index is -4.40. The lowest BCUT2D eigenvalue weighted by Crippen LogP contribution is -2.06. The van der Waals surface area contributed by atoms with Gasteiger partial charge in [-0.3, -0.25) is 0 Å². The third-order valence-corrected chi connectivity index (χ3v) is 3.83. The fraction of sp³-hybridized carbons (Fsp3) is 0.167. The minimum absolute atomic E-state index is 0.173. The van der Waals surface area contributed by atoms with Crippen molar-refractivity contribution in [1.29, 1.82) is 0 Å². The topological polar surface area (TPSA) is 37.8 Å². The van der Waals surface area contributed by atoms with Crippen molar-refractivity contribution < 1.29 is 13.2 Å². The van der Waals surface area contributed by atoms with Gasteiger partial charge in [0.25, 0.3) is 0 Å². The van der Waals surface area contributed by atoms with E-state index in [0.717, 1.165) is 12.1 Å². The van der Waals surface area contributed by atoms with Gasteiger partial charge in [-0.15, -0.1) is 0 Å². The molecule has 0 amide bonds. The van der Waals surface area contributed by atoms with Gasteiger partial charge < -0.3 is 5.32 Å². The van der Waals surface area contributed by atoms with Crippen molar-refractivity contribution in [3.8, 4) is 0 Å². The number of nitrogens with zero attached hydrogens (tertiary/aromatic N) is 2. The van der Waals surface area contributed by atoms with Crippen LogP contribution in [-0.4, -0.2) is 9.97 Å². The quantitative estimate of drug-likeness (QED) is 0.763. The average Bonchev–Trinajstić information content (AvgIpc) is 2.36. The molecule has 1 heterocycles. The van der Waals surface area contributed by atoms with Gasteiger partial charge in [0.15, 0.2) is 0 Å². The zero-order chi connectivity index (χ0) is 14.9. The summed E-state index contributed by atoms with van der Waals surface area (Å²) in [5.41, 5.74) is 0.219. The van der Waals surface area contributed by atoms with Crippen LogP contribution in [0.3, 0.4) is 0 Å². The van der Waals surface area contributed by atoms with Crippen molar-refractivity contribution in [2.75, 3.05) is 5.32 Å². The van der Waals surface area contributed by atoms with E-state index < -0.39 is 11.7 Å². The maximum Gasteiger partial charge on any atom is 0.416 e. The third kappa shape index (κ3) is 3.21. The van der Waals surface area contributed by atoms with Crippen LogP contribution in [0.5, 0.6) is 0 Å². The molecule has 0 spiro atoms. The summed E-state index contributed by atoms with van der Waals surface area (Å²) in [7, 11) is 0. The van der Waals surface area contributed by atoms with Crippen molar-refractivity contribution >= 4 is 39.0 Å². The normalized spacial score (nSPS) is 11.5. The van der Waals surface area contributed by atoms with Crippen molar-refractivity contribution in [2.45, 2.75) is 13.1 Å². The molecule has 3 nitrogen and oxygen atoms in total. The Balaban J connectivity index is 2.41. The van der Waals surface area contributed by atoms with Crippen molar-refractivity contribution in [2.24, 2.45) is 0 Å². The Morgan fingerprint density at radius 1 is 1.25 bits per heavy atom. The number of benzene rings is 1. The molecule has 0 saturated heterocycles. The summed E-state index contributed by atoms with van der Waals surface area (Å²) in [4.78, 5) is 7.68. The number of aryl methyl sites for hydroxylation is 1. The van der Waals surface area contributed by atoms with Crippen LogP contribution in [0.1, 0.15) is 11.1 Å². The molecule has 2 aromatic rings. The van der Waals surface area contributed by atoms with Crippen molar-refractivity contribution in [3.05, 3.63) is 45.3 Å². The van der Waals surface area contributed by atoms with E-state index in [9.17, 15) is 13.2 Å². The van der Waals surface area contributed by atoms with Crippen LogP contribution in [0, 0.1) is 6.92 Å². The fourth-order valence-corrected chi connectivity index (χ4v) is 1.93. The van der Waals surface area contributed by atoms with E-state index in [1.807, 2.05) is 0 Å². The summed E-state index contributed by atoms with van der Waals surface area (Å²) in [6.45, 7) is 1.69. The maximum absolute atomic E-state index is 12.7. The van der Waals surface area contributed by atoms with Gasteiger partial charge in [0.1, 0.15) is 17.3 Å². The van der Waals surface area contributed by atoms with Gasteiger partial charge in [-0.25, -0.2) is 9.97 Å². The number of anilines is 2. The Kier molecular flexibility index (Phi) is 4.19. The molecule has 0 fully saturated rings. The second-order valence-corrected chi connectivity index (χ2v) is 5.13. The molecule has 1 N–H and O–H groups in total. The number of aromatic nitrogens is 2. The molecule has 20 heavy (non-hydrogen) atoms. The van der Waals surface area contributed by atoms with E-state index in [2.05, 4.69) is 31.2 Å². The first-order valence-electron chi connectivity index (χ1n) is 5.40. The van der Waals surface area contributed by atoms with Crippen LogP contribution in [0.4, 0.5) is 24.7 Å². The predicted molar refractivity (Wildman–Crippen MR) is 74.2 cm³/mol. The molecule has 0 aliphatic carbocycles. The van der Waals surface area contributed by atoms with Crippen LogP contribution < -0.4 is 5.32 Å². The lowest BCUT2D eigenvalue weighted by atomic mass is 10.1. The molecule has 0 unspecified atom stereocenters. The molecule has 2 rings (SSSR count). The molecule has 106 valence electrons. The molecule has 8 heteroatoms. The Morgan fingerprint density at radius 3 is 2.60 bits per heavy atom. The Labute approximate surface area is 126 Å². The van der Waals surface area contributed by atoms with Gasteiger partial charge in [-0.05, 0) is 40.5 Å². The monoisotopic (exact) mass is 365 g/mol. The van der Waals surface area contributed by atoms with Crippen molar-refractivity contribution in [1.82, 2.24) is 9.97 Å². The van der Waals surface area contributed by atoms with E-state index in [4.69, 9.17) is 11.6 Å². The highest BCUT2D eigenvalue weighted by molar-refractivity contribution is 9.10. The van der Waals surface area contributed by atoms with Crippen LogP contribution >= 0.6 is 27.5 Å². The van der Waals surface area contributed by atoms with Gasteiger partial charge >= 0.3 is 6.18 Å². The molecule has 0 atom stereocenters. The molecule has 0 radical (unpaired) electrons. The highest BCUT2D eigenvalue weighted by Gasteiger charge is 2.30. The Morgan fingerprint density at radius 2 is 1.95 bits per heavy atom. The first-order valence-corrected chi connectivity index (χ1v) is 6.57. The number of alkyl halides is 3. The number of rotatable bonds is 2. The second-order valence-electron chi connectivity index (χ2n) is 3.98. The maximum atomic E-state index is 12.7. The van der Waals surface area contributed by atoms with E-state index in [1.54, 1.807) is 6.92 Å². The largest absolute Gasteiger partial charge is 0.416 e.